The predicted octanol–water partition coefficient (Wildman–Crippen LogP) is 6.56. The number of thioether (sulfide) groups is 1. The number of rotatable bonds is 7. The summed E-state index contributed by atoms with van der Waals surface area (Å²) in [4.78, 5) is 37.2. The molecule has 2 aliphatic rings. The van der Waals surface area contributed by atoms with E-state index < -0.39 is 5.54 Å². The molecule has 38 heavy (non-hydrogen) atoms. The second-order valence-electron chi connectivity index (χ2n) is 10.5. The van der Waals surface area contributed by atoms with Crippen molar-refractivity contribution in [3.05, 3.63) is 80.3 Å². The highest BCUT2D eigenvalue weighted by atomic mass is 35.5. The maximum Gasteiger partial charge on any atom is 0.262 e. The maximum absolute atomic E-state index is 13.9. The van der Waals surface area contributed by atoms with Crippen molar-refractivity contribution in [1.29, 1.82) is 0 Å². The molecule has 202 valence electrons. The third-order valence-electron chi connectivity index (χ3n) is 7.42. The molecule has 2 heterocycles. The van der Waals surface area contributed by atoms with Gasteiger partial charge in [0.1, 0.15) is 10.4 Å². The number of allylic oxidation sites excluding steroid dienone is 1. The summed E-state index contributed by atoms with van der Waals surface area (Å²) in [6, 6.07) is 15.3. The van der Waals surface area contributed by atoms with Crippen LogP contribution in [0.5, 0.6) is 0 Å². The first-order valence-electron chi connectivity index (χ1n) is 12.7. The van der Waals surface area contributed by atoms with Crippen molar-refractivity contribution in [2.24, 2.45) is 10.9 Å². The fraction of sp³-hybridized carbons (Fsp3) is 0.414. The molecule has 0 saturated carbocycles. The molecule has 0 aromatic heterocycles. The lowest BCUT2D eigenvalue weighted by Gasteiger charge is -2.37. The van der Waals surface area contributed by atoms with Crippen LogP contribution in [0, 0.1) is 5.92 Å². The van der Waals surface area contributed by atoms with Gasteiger partial charge in [0, 0.05) is 49.3 Å². The third kappa shape index (κ3) is 5.21. The second-order valence-corrected chi connectivity index (χ2v) is 12.4. The molecular weight excluding hydrogens is 539 g/mol. The van der Waals surface area contributed by atoms with Crippen LogP contribution < -0.4 is 0 Å². The van der Waals surface area contributed by atoms with Crippen molar-refractivity contribution in [2.45, 2.75) is 52.2 Å². The molecule has 0 aliphatic carbocycles. The first kappa shape index (κ1) is 28.5. The number of benzene rings is 2. The molecule has 0 bridgehead atoms. The van der Waals surface area contributed by atoms with E-state index in [0.29, 0.717) is 21.5 Å². The monoisotopic (exact) mass is 572 g/mol. The molecule has 2 aliphatic heterocycles. The second kappa shape index (κ2) is 10.9. The summed E-state index contributed by atoms with van der Waals surface area (Å²) < 4.78 is 0. The number of fused-ring (bicyclic) bond motifs is 1. The van der Waals surface area contributed by atoms with Crippen LogP contribution in [0.4, 0.5) is 0 Å². The van der Waals surface area contributed by atoms with Gasteiger partial charge in [-0.05, 0) is 66.9 Å². The molecule has 0 unspecified atom stereocenters. The molecule has 9 heteroatoms. The van der Waals surface area contributed by atoms with Gasteiger partial charge in [-0.2, -0.15) is 0 Å². The zero-order valence-corrected chi connectivity index (χ0v) is 25.2. The Morgan fingerprint density at radius 3 is 2.11 bits per heavy atom. The number of aliphatic imine (C=N–C) groups is 1. The number of amides is 2. The summed E-state index contributed by atoms with van der Waals surface area (Å²) in [6.07, 6.45) is 0. The molecule has 3 atom stereocenters. The van der Waals surface area contributed by atoms with Crippen LogP contribution in [0.3, 0.4) is 0 Å². The quantitative estimate of drug-likeness (QED) is 0.377. The van der Waals surface area contributed by atoms with Crippen molar-refractivity contribution >= 4 is 51.9 Å². The molecule has 0 spiro atoms. The van der Waals surface area contributed by atoms with Gasteiger partial charge in [0.2, 0.25) is 5.91 Å². The third-order valence-corrected chi connectivity index (χ3v) is 8.99. The molecule has 6 nitrogen and oxygen atoms in total. The summed E-state index contributed by atoms with van der Waals surface area (Å²) in [5, 5.41) is 2.14. The fourth-order valence-corrected chi connectivity index (χ4v) is 6.71. The van der Waals surface area contributed by atoms with Crippen molar-refractivity contribution in [2.75, 3.05) is 20.6 Å². The van der Waals surface area contributed by atoms with Gasteiger partial charge in [-0.15, -0.1) is 0 Å². The predicted molar refractivity (Wildman–Crippen MR) is 157 cm³/mol. The van der Waals surface area contributed by atoms with E-state index in [9.17, 15) is 9.59 Å². The number of nitrogens with zero attached hydrogens (tertiary/aromatic N) is 4. The van der Waals surface area contributed by atoms with Crippen LogP contribution in [0.1, 0.15) is 51.8 Å². The van der Waals surface area contributed by atoms with Gasteiger partial charge in [-0.25, -0.2) is 4.99 Å². The lowest BCUT2D eigenvalue weighted by molar-refractivity contribution is -0.131. The van der Waals surface area contributed by atoms with Crippen molar-refractivity contribution in [3.63, 3.8) is 0 Å². The topological polar surface area (TPSA) is 56.2 Å². The first-order valence-corrected chi connectivity index (χ1v) is 14.2. The van der Waals surface area contributed by atoms with Gasteiger partial charge >= 0.3 is 0 Å². The van der Waals surface area contributed by atoms with Gasteiger partial charge in [0.05, 0.1) is 6.04 Å². The highest BCUT2D eigenvalue weighted by molar-refractivity contribution is 8.18. The average molecular weight is 574 g/mol. The number of amidine groups is 1. The molecule has 2 aromatic rings. The lowest BCUT2D eigenvalue weighted by atomic mass is 9.81. The highest BCUT2D eigenvalue weighted by Gasteiger charge is 2.53. The first-order chi connectivity index (χ1) is 17.8. The van der Waals surface area contributed by atoms with E-state index in [1.807, 2.05) is 55.5 Å². The van der Waals surface area contributed by atoms with Crippen molar-refractivity contribution in [1.82, 2.24) is 14.7 Å². The molecule has 0 fully saturated rings. The highest BCUT2D eigenvalue weighted by Crippen LogP contribution is 2.56. The molecule has 4 rings (SSSR count). The molecule has 0 radical (unpaired) electrons. The minimum absolute atomic E-state index is 0.0303. The van der Waals surface area contributed by atoms with Gasteiger partial charge in [-0.3, -0.25) is 9.59 Å². The molecule has 0 N–H and O–H groups in total. The normalized spacial score (nSPS) is 21.5. The number of carbonyl (C=O) groups is 2. The lowest BCUT2D eigenvalue weighted by Crippen LogP contribution is -2.44. The molecule has 0 saturated heterocycles. The van der Waals surface area contributed by atoms with Crippen LogP contribution in [0.15, 0.2) is 64.1 Å². The molecule has 2 amide bonds. The Morgan fingerprint density at radius 2 is 1.58 bits per heavy atom. The smallest absolute Gasteiger partial charge is 0.262 e. The van der Waals surface area contributed by atoms with Crippen LogP contribution in [-0.2, 0) is 15.1 Å². The van der Waals surface area contributed by atoms with Crippen LogP contribution >= 0.6 is 35.0 Å². The Kier molecular flexibility index (Phi) is 8.22. The van der Waals surface area contributed by atoms with Gasteiger partial charge < -0.3 is 14.7 Å². The Morgan fingerprint density at radius 1 is 1.03 bits per heavy atom. The van der Waals surface area contributed by atoms with Gasteiger partial charge in [0.25, 0.3) is 5.91 Å². The number of hydrogen-bond donors (Lipinski definition) is 0. The molecule has 2 aromatic carbocycles. The summed E-state index contributed by atoms with van der Waals surface area (Å²) in [6.45, 7) is 10.3. The number of halogens is 2. The Bertz CT molecular complexity index is 1290. The summed E-state index contributed by atoms with van der Waals surface area (Å²) in [5.41, 5.74) is 2.44. The SMILES string of the molecule is CC(=O)N(C)C[C@H](C)N(C)C(=O)C1=C(C(C)C)N2C(=N[C@@](C)(c3ccc(Cl)cc3)[C@H]2c2ccc(Cl)cc2)S1. The van der Waals surface area contributed by atoms with Crippen molar-refractivity contribution < 1.29 is 9.59 Å². The Labute approximate surface area is 239 Å². The van der Waals surface area contributed by atoms with E-state index in [1.54, 1.807) is 23.9 Å². The van der Waals surface area contributed by atoms with Crippen LogP contribution in [0.2, 0.25) is 10.0 Å². The van der Waals surface area contributed by atoms with E-state index >= 15 is 0 Å². The fourth-order valence-electron chi connectivity index (χ4n) is 5.07. The Hall–Kier alpha value is -2.48. The minimum atomic E-state index is -0.612. The van der Waals surface area contributed by atoms with Gasteiger partial charge in [-0.1, -0.05) is 61.3 Å². The van der Waals surface area contributed by atoms with Gasteiger partial charge in [0.15, 0.2) is 5.17 Å². The summed E-state index contributed by atoms with van der Waals surface area (Å²) in [5.74, 6) is -0.0271. The van der Waals surface area contributed by atoms with E-state index in [4.69, 9.17) is 28.2 Å². The van der Waals surface area contributed by atoms with Crippen LogP contribution in [-0.4, -0.2) is 58.4 Å². The molecular formula is C29H34Cl2N4O2S. The average Bonchev–Trinajstić information content (AvgIpc) is 3.36. The number of likely N-dealkylation sites (N-methyl/N-ethyl adjacent to an activating group) is 2. The van der Waals surface area contributed by atoms with Crippen molar-refractivity contribution in [3.8, 4) is 0 Å². The summed E-state index contributed by atoms with van der Waals surface area (Å²) in [7, 11) is 3.55. The minimum Gasteiger partial charge on any atom is -0.344 e. The summed E-state index contributed by atoms with van der Waals surface area (Å²) >= 11 is 13.9. The zero-order chi connectivity index (χ0) is 27.9. The van der Waals surface area contributed by atoms with E-state index in [-0.39, 0.29) is 29.8 Å². The zero-order valence-electron chi connectivity index (χ0n) is 22.8. The van der Waals surface area contributed by atoms with E-state index in [2.05, 4.69) is 25.7 Å². The Balaban J connectivity index is 1.78. The maximum atomic E-state index is 13.9. The van der Waals surface area contributed by atoms with E-state index in [1.165, 1.54) is 18.7 Å². The van der Waals surface area contributed by atoms with E-state index in [0.717, 1.165) is 22.0 Å². The largest absolute Gasteiger partial charge is 0.344 e. The standard InChI is InChI=1S/C29H34Cl2N4O2S/c1-17(2)24-25(27(37)34(7)18(3)16-33(6)19(4)36)38-28-32-29(5,21-10-14-23(31)15-11-21)26(35(24)28)20-8-12-22(30)13-9-20/h8-15,17-18,26H,16H2,1-7H3/t18-,26+,29-/m0/s1. The number of carbonyl (C=O) groups excluding carboxylic acids is 2. The number of hydrogen-bond acceptors (Lipinski definition) is 5. The van der Waals surface area contributed by atoms with Crippen LogP contribution in [0.25, 0.3) is 0 Å².